The van der Waals surface area contributed by atoms with E-state index in [9.17, 15) is 22.8 Å². The van der Waals surface area contributed by atoms with E-state index in [4.69, 9.17) is 11.6 Å². The van der Waals surface area contributed by atoms with Crippen molar-refractivity contribution in [3.8, 4) is 0 Å². The Labute approximate surface area is 139 Å². The van der Waals surface area contributed by atoms with Crippen molar-refractivity contribution in [2.45, 2.75) is 13.1 Å². The van der Waals surface area contributed by atoms with E-state index in [1.807, 2.05) is 5.32 Å². The molecule has 2 N–H and O–H groups in total. The summed E-state index contributed by atoms with van der Waals surface area (Å²) in [5, 5.41) is 3.61. The first-order chi connectivity index (χ1) is 11.2. The fraction of sp³-hybridized carbons (Fsp3) is 0.143. The fourth-order valence-corrected chi connectivity index (χ4v) is 1.93. The molecule has 2 heterocycles. The number of hydrogen-bond donors (Lipinski definition) is 2. The number of alkyl halides is 3. The van der Waals surface area contributed by atoms with Gasteiger partial charge in [-0.25, -0.2) is 14.8 Å². The number of rotatable bonds is 2. The quantitative estimate of drug-likeness (QED) is 0.806. The van der Waals surface area contributed by atoms with E-state index >= 15 is 0 Å². The van der Waals surface area contributed by atoms with Gasteiger partial charge in [-0.05, 0) is 30.7 Å². The number of imide groups is 1. The predicted octanol–water partition coefficient (Wildman–Crippen LogP) is 3.42. The molecule has 0 saturated carbocycles. The van der Waals surface area contributed by atoms with Crippen LogP contribution in [0, 0.1) is 6.92 Å². The number of nitrogens with one attached hydrogen (secondary N) is 2. The van der Waals surface area contributed by atoms with Crippen LogP contribution in [0.4, 0.5) is 23.8 Å². The van der Waals surface area contributed by atoms with Crippen molar-refractivity contribution in [1.82, 2.24) is 15.3 Å². The molecular formula is C14H10ClF3N4O2. The van der Waals surface area contributed by atoms with Gasteiger partial charge in [-0.3, -0.25) is 15.4 Å². The van der Waals surface area contributed by atoms with Crippen molar-refractivity contribution >= 4 is 29.4 Å². The molecule has 0 bridgehead atoms. The van der Waals surface area contributed by atoms with Crippen LogP contribution in [0.5, 0.6) is 0 Å². The van der Waals surface area contributed by atoms with Crippen LogP contribution in [0.15, 0.2) is 30.5 Å². The van der Waals surface area contributed by atoms with Gasteiger partial charge in [0.05, 0.1) is 5.56 Å². The Morgan fingerprint density at radius 2 is 1.92 bits per heavy atom. The molecule has 0 saturated heterocycles. The molecule has 0 atom stereocenters. The topological polar surface area (TPSA) is 84.0 Å². The van der Waals surface area contributed by atoms with Gasteiger partial charge in [0, 0.05) is 6.20 Å². The summed E-state index contributed by atoms with van der Waals surface area (Å²) in [6.07, 6.45) is -3.24. The number of nitrogens with zero attached hydrogens (tertiary/aromatic N) is 2. The van der Waals surface area contributed by atoms with Crippen molar-refractivity contribution in [3.05, 3.63) is 52.4 Å². The second-order valence-electron chi connectivity index (χ2n) is 4.61. The van der Waals surface area contributed by atoms with Crippen LogP contribution in [0.2, 0.25) is 5.15 Å². The Hall–Kier alpha value is -2.68. The van der Waals surface area contributed by atoms with Crippen molar-refractivity contribution in [1.29, 1.82) is 0 Å². The maximum atomic E-state index is 12.5. The van der Waals surface area contributed by atoms with Crippen LogP contribution in [0.25, 0.3) is 0 Å². The summed E-state index contributed by atoms with van der Waals surface area (Å²) < 4.78 is 37.5. The van der Waals surface area contributed by atoms with Crippen LogP contribution in [-0.4, -0.2) is 21.9 Å². The first-order valence-electron chi connectivity index (χ1n) is 6.46. The zero-order chi connectivity index (χ0) is 17.9. The van der Waals surface area contributed by atoms with Crippen LogP contribution >= 0.6 is 11.6 Å². The number of anilines is 1. The Bertz CT molecular complexity index is 796. The number of hydrogen-bond acceptors (Lipinski definition) is 4. The molecular weight excluding hydrogens is 349 g/mol. The van der Waals surface area contributed by atoms with E-state index in [0.29, 0.717) is 11.6 Å². The molecule has 0 aliphatic rings. The van der Waals surface area contributed by atoms with Gasteiger partial charge in [-0.15, -0.1) is 0 Å². The maximum Gasteiger partial charge on any atom is 0.433 e. The molecule has 0 aromatic carbocycles. The number of halogens is 4. The number of urea groups is 1. The first-order valence-corrected chi connectivity index (χ1v) is 6.84. The Morgan fingerprint density at radius 1 is 1.21 bits per heavy atom. The van der Waals surface area contributed by atoms with Crippen molar-refractivity contribution in [2.24, 2.45) is 0 Å². The van der Waals surface area contributed by atoms with Gasteiger partial charge in [0.25, 0.3) is 5.91 Å². The number of aryl methyl sites for hydroxylation is 1. The maximum absolute atomic E-state index is 12.5. The third kappa shape index (κ3) is 4.19. The highest BCUT2D eigenvalue weighted by atomic mass is 35.5. The van der Waals surface area contributed by atoms with E-state index < -0.39 is 29.0 Å². The minimum absolute atomic E-state index is 0.236. The minimum atomic E-state index is -4.69. The molecule has 0 spiro atoms. The van der Waals surface area contributed by atoms with E-state index in [2.05, 4.69) is 15.3 Å². The Morgan fingerprint density at radius 3 is 2.50 bits per heavy atom. The lowest BCUT2D eigenvalue weighted by Gasteiger charge is -2.10. The molecule has 24 heavy (non-hydrogen) atoms. The van der Waals surface area contributed by atoms with E-state index in [1.165, 1.54) is 6.20 Å². The van der Waals surface area contributed by atoms with Gasteiger partial charge in [0.15, 0.2) is 0 Å². The van der Waals surface area contributed by atoms with Crippen LogP contribution < -0.4 is 10.6 Å². The number of aromatic nitrogens is 2. The van der Waals surface area contributed by atoms with Gasteiger partial charge in [0.1, 0.15) is 16.7 Å². The number of amides is 3. The molecule has 0 aliphatic heterocycles. The molecule has 2 aromatic heterocycles. The first kappa shape index (κ1) is 17.7. The van der Waals surface area contributed by atoms with Crippen LogP contribution in [-0.2, 0) is 6.18 Å². The van der Waals surface area contributed by atoms with Gasteiger partial charge in [-0.2, -0.15) is 13.2 Å². The zero-order valence-electron chi connectivity index (χ0n) is 12.1. The zero-order valence-corrected chi connectivity index (χ0v) is 12.9. The summed E-state index contributed by atoms with van der Waals surface area (Å²) in [7, 11) is 0. The van der Waals surface area contributed by atoms with Crippen molar-refractivity contribution < 1.29 is 22.8 Å². The van der Waals surface area contributed by atoms with Crippen molar-refractivity contribution in [2.75, 3.05) is 5.32 Å². The molecule has 2 rings (SSSR count). The molecule has 2 aromatic rings. The molecule has 3 amide bonds. The van der Waals surface area contributed by atoms with Crippen LogP contribution in [0.3, 0.4) is 0 Å². The average Bonchev–Trinajstić information content (AvgIpc) is 2.48. The highest BCUT2D eigenvalue weighted by molar-refractivity contribution is 6.33. The van der Waals surface area contributed by atoms with Crippen molar-refractivity contribution in [3.63, 3.8) is 0 Å². The second kappa shape index (κ2) is 6.83. The van der Waals surface area contributed by atoms with Gasteiger partial charge >= 0.3 is 12.2 Å². The minimum Gasteiger partial charge on any atom is -0.292 e. The average molecular weight is 359 g/mol. The third-order valence-electron chi connectivity index (χ3n) is 2.85. The van der Waals surface area contributed by atoms with Crippen LogP contribution in [0.1, 0.15) is 21.6 Å². The molecule has 0 unspecified atom stereocenters. The molecule has 0 fully saturated rings. The predicted molar refractivity (Wildman–Crippen MR) is 79.7 cm³/mol. The number of carbonyl (C=O) groups is 2. The number of pyridine rings is 2. The normalized spacial score (nSPS) is 11.0. The lowest BCUT2D eigenvalue weighted by atomic mass is 10.2. The summed E-state index contributed by atoms with van der Waals surface area (Å²) >= 11 is 5.58. The summed E-state index contributed by atoms with van der Waals surface area (Å²) in [6, 6.07) is 3.89. The highest BCUT2D eigenvalue weighted by Crippen LogP contribution is 2.29. The van der Waals surface area contributed by atoms with Gasteiger partial charge in [-0.1, -0.05) is 17.7 Å². The largest absolute Gasteiger partial charge is 0.433 e. The van der Waals surface area contributed by atoms with E-state index in [-0.39, 0.29) is 11.4 Å². The second-order valence-corrected chi connectivity index (χ2v) is 4.97. The fourth-order valence-electron chi connectivity index (χ4n) is 1.69. The molecule has 6 nitrogen and oxygen atoms in total. The smallest absolute Gasteiger partial charge is 0.292 e. The summed E-state index contributed by atoms with van der Waals surface area (Å²) in [6.45, 7) is 1.70. The SMILES string of the molecule is Cc1cccnc1NC(=O)NC(=O)c1ccc(C(F)(F)F)nc1Cl. The summed E-state index contributed by atoms with van der Waals surface area (Å²) in [5.74, 6) is -0.758. The Kier molecular flexibility index (Phi) is 5.03. The monoisotopic (exact) mass is 358 g/mol. The standard InChI is InChI=1S/C14H10ClF3N4O2/c1-7-3-2-6-19-11(7)21-13(24)22-12(23)8-4-5-9(14(16,17)18)20-10(8)15/h2-6H,1H3,(H2,19,21,22,23,24). The molecule has 0 radical (unpaired) electrons. The summed E-state index contributed by atoms with van der Waals surface area (Å²) in [4.78, 5) is 30.7. The third-order valence-corrected chi connectivity index (χ3v) is 3.14. The molecule has 0 aliphatic carbocycles. The van der Waals surface area contributed by atoms with E-state index in [0.717, 1.165) is 6.07 Å². The lowest BCUT2D eigenvalue weighted by Crippen LogP contribution is -2.35. The number of carbonyl (C=O) groups excluding carboxylic acids is 2. The lowest BCUT2D eigenvalue weighted by molar-refractivity contribution is -0.141. The Balaban J connectivity index is 2.10. The summed E-state index contributed by atoms with van der Waals surface area (Å²) in [5.41, 5.74) is -0.940. The van der Waals surface area contributed by atoms with Gasteiger partial charge < -0.3 is 0 Å². The highest BCUT2D eigenvalue weighted by Gasteiger charge is 2.33. The molecule has 126 valence electrons. The van der Waals surface area contributed by atoms with E-state index in [1.54, 1.807) is 19.1 Å². The van der Waals surface area contributed by atoms with Gasteiger partial charge in [0.2, 0.25) is 0 Å². The molecule has 10 heteroatoms.